The Bertz CT molecular complexity index is 1350. The molecule has 0 amide bonds. The van der Waals surface area contributed by atoms with Crippen LogP contribution in [0.3, 0.4) is 0 Å². The number of benzene rings is 3. The zero-order valence-electron chi connectivity index (χ0n) is 17.0. The normalized spacial score (nSPS) is 11.2. The molecule has 0 aliphatic carbocycles. The molecule has 0 radical (unpaired) electrons. The minimum atomic E-state index is -0.427. The third-order valence-corrected chi connectivity index (χ3v) is 5.53. The summed E-state index contributed by atoms with van der Waals surface area (Å²) in [5, 5.41) is 14.6. The zero-order chi connectivity index (χ0) is 21.8. The van der Waals surface area contributed by atoms with Crippen LogP contribution >= 0.6 is 11.3 Å². The Morgan fingerprint density at radius 1 is 1.06 bits per heavy atom. The molecule has 1 heterocycles. The molecule has 5 nitrogen and oxygen atoms in total. The van der Waals surface area contributed by atoms with Crippen LogP contribution < -0.4 is 9.47 Å². The number of esters is 1. The van der Waals surface area contributed by atoms with Crippen LogP contribution in [0.1, 0.15) is 17.5 Å². The van der Waals surface area contributed by atoms with Crippen LogP contribution in [0.2, 0.25) is 0 Å². The van der Waals surface area contributed by atoms with Gasteiger partial charge in [-0.1, -0.05) is 42.5 Å². The smallest absolute Gasteiger partial charge is 0.308 e. The molecule has 0 aliphatic heterocycles. The number of hydrogen-bond donors (Lipinski definition) is 0. The fourth-order valence-electron chi connectivity index (χ4n) is 3.20. The summed E-state index contributed by atoms with van der Waals surface area (Å²) in [6.07, 6.45) is 1.74. The molecule has 4 rings (SSSR count). The molecule has 0 saturated carbocycles. The number of nitriles is 1. The maximum absolute atomic E-state index is 11.2. The first kappa shape index (κ1) is 20.3. The zero-order valence-corrected chi connectivity index (χ0v) is 17.8. The highest BCUT2D eigenvalue weighted by Crippen LogP contribution is 2.32. The summed E-state index contributed by atoms with van der Waals surface area (Å²) in [6.45, 7) is 1.33. The summed E-state index contributed by atoms with van der Waals surface area (Å²) in [4.78, 5) is 15.9. The molecular weight excluding hydrogens is 408 g/mol. The summed E-state index contributed by atoms with van der Waals surface area (Å²) in [6, 6.07) is 21.7. The molecule has 0 saturated heterocycles. The van der Waals surface area contributed by atoms with Crippen LogP contribution in [0.25, 0.3) is 33.7 Å². The van der Waals surface area contributed by atoms with Crippen LogP contribution in [0.15, 0.2) is 66.0 Å². The van der Waals surface area contributed by atoms with Gasteiger partial charge in [-0.25, -0.2) is 4.98 Å². The summed E-state index contributed by atoms with van der Waals surface area (Å²) >= 11 is 1.42. The van der Waals surface area contributed by atoms with Crippen LogP contribution in [-0.2, 0) is 4.79 Å². The van der Waals surface area contributed by atoms with Gasteiger partial charge in [-0.3, -0.25) is 4.79 Å². The number of thiazole rings is 1. The number of ether oxygens (including phenoxy) is 2. The number of fused-ring (bicyclic) bond motifs is 1. The van der Waals surface area contributed by atoms with Crippen LogP contribution in [0.4, 0.5) is 0 Å². The van der Waals surface area contributed by atoms with Gasteiger partial charge < -0.3 is 9.47 Å². The van der Waals surface area contributed by atoms with Gasteiger partial charge in [0.15, 0.2) is 11.5 Å². The molecule has 0 atom stereocenters. The second-order valence-corrected chi connectivity index (χ2v) is 7.63. The molecule has 6 heteroatoms. The van der Waals surface area contributed by atoms with E-state index in [2.05, 4.69) is 35.3 Å². The number of hydrogen-bond acceptors (Lipinski definition) is 6. The maximum atomic E-state index is 11.2. The molecule has 1 aromatic heterocycles. The van der Waals surface area contributed by atoms with Crippen molar-refractivity contribution < 1.29 is 14.3 Å². The highest BCUT2D eigenvalue weighted by molar-refractivity contribution is 7.11. The van der Waals surface area contributed by atoms with E-state index in [1.54, 1.807) is 24.3 Å². The largest absolute Gasteiger partial charge is 0.493 e. The van der Waals surface area contributed by atoms with Crippen molar-refractivity contribution in [3.63, 3.8) is 0 Å². The van der Waals surface area contributed by atoms with Crippen LogP contribution in [0, 0.1) is 11.3 Å². The number of carbonyl (C=O) groups excluding carboxylic acids is 1. The van der Waals surface area contributed by atoms with E-state index in [-0.39, 0.29) is 0 Å². The Balaban J connectivity index is 1.65. The molecule has 0 aliphatic rings. The number of rotatable bonds is 5. The van der Waals surface area contributed by atoms with E-state index >= 15 is 0 Å². The number of nitrogens with zero attached hydrogens (tertiary/aromatic N) is 2. The van der Waals surface area contributed by atoms with E-state index < -0.39 is 5.97 Å². The van der Waals surface area contributed by atoms with Gasteiger partial charge in [-0.05, 0) is 40.6 Å². The predicted molar refractivity (Wildman–Crippen MR) is 123 cm³/mol. The molecule has 4 aromatic rings. The summed E-state index contributed by atoms with van der Waals surface area (Å²) in [5.74, 6) is 0.319. The van der Waals surface area contributed by atoms with Gasteiger partial charge in [0.2, 0.25) is 0 Å². The van der Waals surface area contributed by atoms with Crippen LogP contribution in [-0.4, -0.2) is 18.1 Å². The van der Waals surface area contributed by atoms with Crippen molar-refractivity contribution in [1.82, 2.24) is 4.98 Å². The highest BCUT2D eigenvalue weighted by Gasteiger charge is 2.12. The Labute approximate surface area is 183 Å². The van der Waals surface area contributed by atoms with Crippen molar-refractivity contribution in [2.24, 2.45) is 0 Å². The lowest BCUT2D eigenvalue weighted by Gasteiger charge is -2.08. The second kappa shape index (κ2) is 8.82. The van der Waals surface area contributed by atoms with E-state index in [9.17, 15) is 10.1 Å². The summed E-state index contributed by atoms with van der Waals surface area (Å²) in [5.41, 5.74) is 3.02. The Morgan fingerprint density at radius 3 is 2.61 bits per heavy atom. The fourth-order valence-corrected chi connectivity index (χ4v) is 3.99. The number of allylic oxidation sites excluding steroid dienone is 1. The first-order chi connectivity index (χ1) is 15.1. The third kappa shape index (κ3) is 4.47. The molecule has 31 heavy (non-hydrogen) atoms. The topological polar surface area (TPSA) is 72.2 Å². The van der Waals surface area contributed by atoms with Gasteiger partial charge in [0, 0.05) is 17.9 Å². The lowest BCUT2D eigenvalue weighted by molar-refractivity contribution is -0.132. The minimum Gasteiger partial charge on any atom is -0.493 e. The Hall–Kier alpha value is -3.95. The average molecular weight is 426 g/mol. The number of aromatic nitrogens is 1. The molecule has 3 aromatic carbocycles. The molecule has 0 spiro atoms. The van der Waals surface area contributed by atoms with Crippen LogP contribution in [0.5, 0.6) is 11.5 Å². The molecular formula is C25H18N2O3S. The van der Waals surface area contributed by atoms with Crippen molar-refractivity contribution in [3.05, 3.63) is 76.6 Å². The summed E-state index contributed by atoms with van der Waals surface area (Å²) < 4.78 is 10.4. The van der Waals surface area contributed by atoms with Crippen molar-refractivity contribution in [2.75, 3.05) is 7.11 Å². The summed E-state index contributed by atoms with van der Waals surface area (Å²) in [7, 11) is 1.50. The molecule has 0 unspecified atom stereocenters. The predicted octanol–water partition coefficient (Wildman–Crippen LogP) is 5.96. The third-order valence-electron chi connectivity index (χ3n) is 4.65. The van der Waals surface area contributed by atoms with E-state index in [0.717, 1.165) is 22.2 Å². The minimum absolute atomic E-state index is 0.332. The quantitative estimate of drug-likeness (QED) is 0.224. The SMILES string of the molecule is COc1cc(C=C(C#N)c2nc(-c3ccc4ccccc4c3)cs2)ccc1OC(C)=O. The van der Waals surface area contributed by atoms with Gasteiger partial charge in [0.05, 0.1) is 18.4 Å². The van der Waals surface area contributed by atoms with Gasteiger partial charge in [-0.2, -0.15) is 5.26 Å². The lowest BCUT2D eigenvalue weighted by Crippen LogP contribution is -2.03. The van der Waals surface area contributed by atoms with Gasteiger partial charge in [-0.15, -0.1) is 11.3 Å². The average Bonchev–Trinajstić information content (AvgIpc) is 3.27. The van der Waals surface area contributed by atoms with E-state index in [0.29, 0.717) is 22.1 Å². The monoisotopic (exact) mass is 426 g/mol. The molecule has 0 fully saturated rings. The van der Waals surface area contributed by atoms with Crippen molar-refractivity contribution >= 4 is 39.7 Å². The molecule has 0 N–H and O–H groups in total. The standard InChI is InChI=1S/C25H18N2O3S/c1-16(28)30-23-10-7-17(12-24(23)29-2)11-21(14-26)25-27-22(15-31-25)20-9-8-18-5-3-4-6-19(18)13-20/h3-13,15H,1-2H3. The van der Waals surface area contributed by atoms with Gasteiger partial charge in [0.1, 0.15) is 11.1 Å². The first-order valence-corrected chi connectivity index (χ1v) is 10.4. The Morgan fingerprint density at radius 2 is 1.87 bits per heavy atom. The second-order valence-electron chi connectivity index (χ2n) is 6.77. The first-order valence-electron chi connectivity index (χ1n) is 9.50. The lowest BCUT2D eigenvalue weighted by atomic mass is 10.1. The van der Waals surface area contributed by atoms with E-state index in [1.807, 2.05) is 23.6 Å². The number of carbonyl (C=O) groups is 1. The van der Waals surface area contributed by atoms with Crippen molar-refractivity contribution in [2.45, 2.75) is 6.92 Å². The molecule has 0 bridgehead atoms. The fraction of sp³-hybridized carbons (Fsp3) is 0.0800. The Kier molecular flexibility index (Phi) is 5.78. The van der Waals surface area contributed by atoms with Gasteiger partial charge in [0.25, 0.3) is 0 Å². The molecule has 152 valence electrons. The van der Waals surface area contributed by atoms with E-state index in [1.165, 1.54) is 30.8 Å². The highest BCUT2D eigenvalue weighted by atomic mass is 32.1. The van der Waals surface area contributed by atoms with E-state index in [4.69, 9.17) is 9.47 Å². The number of methoxy groups -OCH3 is 1. The van der Waals surface area contributed by atoms with Crippen molar-refractivity contribution in [1.29, 1.82) is 5.26 Å². The van der Waals surface area contributed by atoms with Crippen molar-refractivity contribution in [3.8, 4) is 28.8 Å². The maximum Gasteiger partial charge on any atom is 0.308 e. The van der Waals surface area contributed by atoms with Gasteiger partial charge >= 0.3 is 5.97 Å².